The lowest BCUT2D eigenvalue weighted by atomic mass is 10.1. The molecule has 5 heteroatoms. The van der Waals surface area contributed by atoms with E-state index in [2.05, 4.69) is 15.8 Å². The van der Waals surface area contributed by atoms with Crippen LogP contribution in [0.4, 0.5) is 0 Å². The van der Waals surface area contributed by atoms with Crippen LogP contribution in [0, 0.1) is 0 Å². The summed E-state index contributed by atoms with van der Waals surface area (Å²) in [7, 11) is 0. The number of hydrogen-bond acceptors (Lipinski definition) is 3. The summed E-state index contributed by atoms with van der Waals surface area (Å²) in [5, 5.41) is 8.68. The van der Waals surface area contributed by atoms with Crippen LogP contribution >= 0.6 is 0 Å². The Labute approximate surface area is 145 Å². The van der Waals surface area contributed by atoms with Crippen molar-refractivity contribution in [1.82, 2.24) is 10.7 Å². The number of benzene rings is 3. The van der Waals surface area contributed by atoms with E-state index in [0.717, 1.165) is 16.3 Å². The molecule has 124 valence electrons. The molecule has 0 bridgehead atoms. The first kappa shape index (κ1) is 16.4. The maximum Gasteiger partial charge on any atom is 0.259 e. The molecule has 2 N–H and O–H groups in total. The molecule has 0 fully saturated rings. The first-order valence-electron chi connectivity index (χ1n) is 7.87. The van der Waals surface area contributed by atoms with Crippen molar-refractivity contribution >= 4 is 28.8 Å². The van der Waals surface area contributed by atoms with Crippen molar-refractivity contribution in [1.29, 1.82) is 0 Å². The Bertz CT molecular complexity index is 915. The van der Waals surface area contributed by atoms with Gasteiger partial charge < -0.3 is 5.32 Å². The average molecular weight is 331 g/mol. The van der Waals surface area contributed by atoms with Gasteiger partial charge in [0.05, 0.1) is 12.8 Å². The van der Waals surface area contributed by atoms with E-state index in [9.17, 15) is 9.59 Å². The van der Waals surface area contributed by atoms with E-state index in [4.69, 9.17) is 0 Å². The summed E-state index contributed by atoms with van der Waals surface area (Å²) in [6, 6.07) is 22.6. The minimum absolute atomic E-state index is 0.138. The van der Waals surface area contributed by atoms with E-state index < -0.39 is 0 Å². The van der Waals surface area contributed by atoms with Gasteiger partial charge in [0, 0.05) is 11.1 Å². The van der Waals surface area contributed by atoms with Gasteiger partial charge in [-0.05, 0) is 22.9 Å². The number of nitrogens with zero attached hydrogens (tertiary/aromatic N) is 1. The Morgan fingerprint density at radius 3 is 2.44 bits per heavy atom. The minimum Gasteiger partial charge on any atom is -0.343 e. The van der Waals surface area contributed by atoms with Gasteiger partial charge in [-0.25, -0.2) is 5.43 Å². The summed E-state index contributed by atoms with van der Waals surface area (Å²) in [5.74, 6) is -0.686. The number of fused-ring (bicyclic) bond motifs is 1. The second kappa shape index (κ2) is 7.88. The fourth-order valence-corrected chi connectivity index (χ4v) is 2.43. The van der Waals surface area contributed by atoms with Crippen molar-refractivity contribution < 1.29 is 9.59 Å². The number of hydrogen-bond donors (Lipinski definition) is 2. The molecule has 0 aliphatic heterocycles. The molecule has 3 aromatic carbocycles. The molecule has 0 radical (unpaired) electrons. The van der Waals surface area contributed by atoms with Gasteiger partial charge in [0.2, 0.25) is 0 Å². The average Bonchev–Trinajstić information content (AvgIpc) is 2.67. The topological polar surface area (TPSA) is 70.6 Å². The van der Waals surface area contributed by atoms with E-state index in [1.165, 1.54) is 0 Å². The number of nitrogens with one attached hydrogen (secondary N) is 2. The van der Waals surface area contributed by atoms with Crippen molar-refractivity contribution in [2.24, 2.45) is 5.10 Å². The van der Waals surface area contributed by atoms with Crippen LogP contribution in [-0.2, 0) is 4.79 Å². The molecular weight excluding hydrogens is 314 g/mol. The summed E-state index contributed by atoms with van der Waals surface area (Å²) < 4.78 is 0. The Morgan fingerprint density at radius 1 is 0.880 bits per heavy atom. The normalized spacial score (nSPS) is 10.7. The monoisotopic (exact) mass is 331 g/mol. The summed E-state index contributed by atoms with van der Waals surface area (Å²) in [6.07, 6.45) is 1.60. The lowest BCUT2D eigenvalue weighted by Crippen LogP contribution is -2.34. The molecule has 0 atom stereocenters. The highest BCUT2D eigenvalue weighted by molar-refractivity contribution is 6.00. The molecule has 0 aliphatic rings. The van der Waals surface area contributed by atoms with Gasteiger partial charge in [-0.1, -0.05) is 60.7 Å². The lowest BCUT2D eigenvalue weighted by Gasteiger charge is -2.04. The van der Waals surface area contributed by atoms with Gasteiger partial charge in [0.1, 0.15) is 0 Å². The largest absolute Gasteiger partial charge is 0.343 e. The smallest absolute Gasteiger partial charge is 0.259 e. The number of carbonyl (C=O) groups excluding carboxylic acids is 2. The molecule has 0 saturated carbocycles. The van der Waals surface area contributed by atoms with Crippen LogP contribution in [0.5, 0.6) is 0 Å². The van der Waals surface area contributed by atoms with Crippen molar-refractivity contribution in [2.75, 3.05) is 6.54 Å². The maximum absolute atomic E-state index is 11.9. The summed E-state index contributed by atoms with van der Waals surface area (Å²) in [6.45, 7) is -0.138. The van der Waals surface area contributed by atoms with Crippen LogP contribution in [0.3, 0.4) is 0 Å². The molecule has 0 heterocycles. The molecule has 5 nitrogen and oxygen atoms in total. The number of hydrazone groups is 1. The minimum atomic E-state index is -0.388. The van der Waals surface area contributed by atoms with Crippen LogP contribution in [0.1, 0.15) is 15.9 Å². The molecule has 0 unspecified atom stereocenters. The second-order valence-electron chi connectivity index (χ2n) is 5.41. The Hall–Kier alpha value is -3.47. The molecule has 0 saturated heterocycles. The maximum atomic E-state index is 11.9. The quantitative estimate of drug-likeness (QED) is 0.557. The molecule has 0 aromatic heterocycles. The van der Waals surface area contributed by atoms with Crippen molar-refractivity contribution in [3.05, 3.63) is 83.9 Å². The predicted octanol–water partition coefficient (Wildman–Crippen LogP) is 2.72. The van der Waals surface area contributed by atoms with Gasteiger partial charge in [0.25, 0.3) is 11.8 Å². The molecule has 3 aromatic rings. The zero-order chi connectivity index (χ0) is 17.5. The first-order valence-corrected chi connectivity index (χ1v) is 7.87. The van der Waals surface area contributed by atoms with Crippen molar-refractivity contribution in [3.63, 3.8) is 0 Å². The third kappa shape index (κ3) is 4.29. The van der Waals surface area contributed by atoms with E-state index >= 15 is 0 Å². The third-order valence-electron chi connectivity index (χ3n) is 3.66. The van der Waals surface area contributed by atoms with Crippen LogP contribution < -0.4 is 10.7 Å². The molecule has 2 amide bonds. The van der Waals surface area contributed by atoms with E-state index in [0.29, 0.717) is 5.56 Å². The van der Waals surface area contributed by atoms with Gasteiger partial charge in [-0.2, -0.15) is 5.10 Å². The Kier molecular flexibility index (Phi) is 5.16. The zero-order valence-corrected chi connectivity index (χ0v) is 13.5. The molecule has 0 aliphatic carbocycles. The van der Waals surface area contributed by atoms with Crippen molar-refractivity contribution in [3.8, 4) is 0 Å². The van der Waals surface area contributed by atoms with Crippen LogP contribution in [0.25, 0.3) is 10.8 Å². The zero-order valence-electron chi connectivity index (χ0n) is 13.5. The highest BCUT2D eigenvalue weighted by atomic mass is 16.2. The van der Waals surface area contributed by atoms with Gasteiger partial charge in [-0.3, -0.25) is 9.59 Å². The van der Waals surface area contributed by atoms with E-state index in [1.54, 1.807) is 30.5 Å². The number of rotatable bonds is 5. The van der Waals surface area contributed by atoms with Gasteiger partial charge >= 0.3 is 0 Å². The third-order valence-corrected chi connectivity index (χ3v) is 3.66. The summed E-state index contributed by atoms with van der Waals surface area (Å²) in [4.78, 5) is 23.7. The fraction of sp³-hybridized carbons (Fsp3) is 0.0500. The molecular formula is C20H17N3O2. The standard InChI is InChI=1S/C20H17N3O2/c24-19(14-21-20(25)16-8-2-1-3-9-16)23-22-13-17-11-6-10-15-7-4-5-12-18(15)17/h1-13H,14H2,(H,21,25)(H,23,24)/b22-13-. The Morgan fingerprint density at radius 2 is 1.60 bits per heavy atom. The lowest BCUT2D eigenvalue weighted by molar-refractivity contribution is -0.120. The summed E-state index contributed by atoms with van der Waals surface area (Å²) >= 11 is 0. The van der Waals surface area contributed by atoms with Crippen LogP contribution in [0.15, 0.2) is 77.9 Å². The SMILES string of the molecule is O=C(CNC(=O)c1ccccc1)N/N=C\c1cccc2ccccc12. The highest BCUT2D eigenvalue weighted by Gasteiger charge is 2.06. The second-order valence-corrected chi connectivity index (χ2v) is 5.41. The Balaban J connectivity index is 1.55. The van der Waals surface area contributed by atoms with E-state index in [-0.39, 0.29) is 18.4 Å². The highest BCUT2D eigenvalue weighted by Crippen LogP contribution is 2.16. The molecule has 25 heavy (non-hydrogen) atoms. The van der Waals surface area contributed by atoms with Crippen LogP contribution in [0.2, 0.25) is 0 Å². The number of amides is 2. The van der Waals surface area contributed by atoms with Gasteiger partial charge in [0.15, 0.2) is 0 Å². The first-order chi connectivity index (χ1) is 12.2. The van der Waals surface area contributed by atoms with Crippen LogP contribution in [-0.4, -0.2) is 24.6 Å². The van der Waals surface area contributed by atoms with Gasteiger partial charge in [-0.15, -0.1) is 0 Å². The molecule has 3 rings (SSSR count). The molecule has 0 spiro atoms. The summed E-state index contributed by atoms with van der Waals surface area (Å²) in [5.41, 5.74) is 3.84. The fourth-order valence-electron chi connectivity index (χ4n) is 2.43. The van der Waals surface area contributed by atoms with E-state index in [1.807, 2.05) is 48.5 Å². The predicted molar refractivity (Wildman–Crippen MR) is 98.5 cm³/mol. The van der Waals surface area contributed by atoms with Crippen molar-refractivity contribution in [2.45, 2.75) is 0 Å². The number of carbonyl (C=O) groups is 2.